The first-order chi connectivity index (χ1) is 13.9. The van der Waals surface area contributed by atoms with Crippen molar-refractivity contribution < 1.29 is 19.2 Å². The lowest BCUT2D eigenvalue weighted by Crippen LogP contribution is -2.34. The van der Waals surface area contributed by atoms with Crippen molar-refractivity contribution in [3.63, 3.8) is 0 Å². The maximum Gasteiger partial charge on any atom is 0.412 e. The van der Waals surface area contributed by atoms with Crippen LogP contribution in [0.2, 0.25) is 5.02 Å². The zero-order valence-corrected chi connectivity index (χ0v) is 16.1. The summed E-state index contributed by atoms with van der Waals surface area (Å²) in [5.41, 5.74) is 0.293. The molecule has 0 saturated heterocycles. The first kappa shape index (κ1) is 20.1. The number of halogens is 1. The van der Waals surface area contributed by atoms with Crippen molar-refractivity contribution in [3.8, 4) is 11.4 Å². The predicted molar refractivity (Wildman–Crippen MR) is 106 cm³/mol. The Morgan fingerprint density at radius 3 is 2.45 bits per heavy atom. The number of nitrogens with zero attached hydrogens (tertiary/aromatic N) is 2. The molecule has 8 nitrogen and oxygen atoms in total. The summed E-state index contributed by atoms with van der Waals surface area (Å²) in [5, 5.41) is 2.81. The molecule has 3 rings (SSSR count). The average molecular weight is 414 g/mol. The second-order valence-corrected chi connectivity index (χ2v) is 6.31. The lowest BCUT2D eigenvalue weighted by atomic mass is 10.2. The average Bonchev–Trinajstić information content (AvgIpc) is 2.71. The fourth-order valence-electron chi connectivity index (χ4n) is 2.40. The van der Waals surface area contributed by atoms with E-state index >= 15 is 0 Å². The Labute approximate surface area is 170 Å². The van der Waals surface area contributed by atoms with E-state index < -0.39 is 17.6 Å². The van der Waals surface area contributed by atoms with Gasteiger partial charge in [-0.05, 0) is 29.8 Å². The van der Waals surface area contributed by atoms with Crippen LogP contribution in [0.4, 0.5) is 10.5 Å². The number of rotatable bonds is 5. The molecule has 148 valence electrons. The highest BCUT2D eigenvalue weighted by Gasteiger charge is 2.17. The second kappa shape index (κ2) is 9.03. The molecule has 3 aromatic rings. The van der Waals surface area contributed by atoms with Crippen molar-refractivity contribution in [2.24, 2.45) is 0 Å². The molecule has 0 fully saturated rings. The Bertz CT molecular complexity index is 1080. The summed E-state index contributed by atoms with van der Waals surface area (Å²) in [5.74, 6) is -0.655. The van der Waals surface area contributed by atoms with Crippen LogP contribution in [0.5, 0.6) is 0 Å². The lowest BCUT2D eigenvalue weighted by Gasteiger charge is -2.13. The minimum absolute atomic E-state index is 0.0289. The molecule has 1 heterocycles. The van der Waals surface area contributed by atoms with Gasteiger partial charge in [-0.2, -0.15) is 0 Å². The number of benzene rings is 2. The number of aromatic nitrogens is 2. The van der Waals surface area contributed by atoms with E-state index in [0.717, 1.165) is 18.7 Å². The maximum absolute atomic E-state index is 12.7. The van der Waals surface area contributed by atoms with E-state index in [1.165, 1.54) is 0 Å². The van der Waals surface area contributed by atoms with Crippen LogP contribution in [0.15, 0.2) is 65.6 Å². The highest BCUT2D eigenvalue weighted by molar-refractivity contribution is 6.30. The van der Waals surface area contributed by atoms with Gasteiger partial charge < -0.3 is 9.57 Å². The molecule has 2 aromatic carbocycles. The molecule has 9 heteroatoms. The summed E-state index contributed by atoms with van der Waals surface area (Å²) in [6, 6.07) is 15.5. The van der Waals surface area contributed by atoms with Gasteiger partial charge in [-0.15, -0.1) is 4.73 Å². The standard InChI is InChI=1S/C20H16ClN3O5/c1-13(25)29-24-18(15-7-9-16(21)10-8-15)22-11-17(19(24)26)23-20(27)28-12-14-5-3-2-4-6-14/h2-11H,12H2,1H3,(H,23,27). The zero-order chi connectivity index (χ0) is 20.8. The normalized spacial score (nSPS) is 10.3. The number of ether oxygens (including phenoxy) is 1. The Kier molecular flexibility index (Phi) is 6.25. The molecule has 1 N–H and O–H groups in total. The van der Waals surface area contributed by atoms with Crippen LogP contribution in [0.25, 0.3) is 11.4 Å². The fraction of sp³-hybridized carbons (Fsp3) is 0.100. The molecular weight excluding hydrogens is 398 g/mol. The van der Waals surface area contributed by atoms with Crippen LogP contribution in [0.3, 0.4) is 0 Å². The number of hydrogen-bond donors (Lipinski definition) is 1. The summed E-state index contributed by atoms with van der Waals surface area (Å²) in [6.07, 6.45) is 0.317. The van der Waals surface area contributed by atoms with Gasteiger partial charge in [-0.25, -0.2) is 14.6 Å². The third-order valence-corrected chi connectivity index (χ3v) is 3.95. The van der Waals surface area contributed by atoms with Gasteiger partial charge in [0.25, 0.3) is 0 Å². The third kappa shape index (κ3) is 5.20. The third-order valence-electron chi connectivity index (χ3n) is 3.69. The van der Waals surface area contributed by atoms with Gasteiger partial charge in [0, 0.05) is 17.5 Å². The Balaban J connectivity index is 1.84. The van der Waals surface area contributed by atoms with E-state index in [-0.39, 0.29) is 18.1 Å². The van der Waals surface area contributed by atoms with Gasteiger partial charge in [0.15, 0.2) is 5.82 Å². The van der Waals surface area contributed by atoms with Gasteiger partial charge in [0.05, 0.1) is 6.20 Å². The van der Waals surface area contributed by atoms with Crippen LogP contribution < -0.4 is 15.7 Å². The molecule has 0 saturated carbocycles. The van der Waals surface area contributed by atoms with Crippen molar-refractivity contribution in [1.82, 2.24) is 9.71 Å². The maximum atomic E-state index is 12.7. The smallest absolute Gasteiger partial charge is 0.412 e. The topological polar surface area (TPSA) is 99.5 Å². The Morgan fingerprint density at radius 1 is 1.10 bits per heavy atom. The molecule has 0 bridgehead atoms. The second-order valence-electron chi connectivity index (χ2n) is 5.87. The minimum Gasteiger partial charge on any atom is -0.444 e. The van der Waals surface area contributed by atoms with E-state index in [2.05, 4.69) is 10.3 Å². The molecule has 0 unspecified atom stereocenters. The fourth-order valence-corrected chi connectivity index (χ4v) is 2.52. The monoisotopic (exact) mass is 413 g/mol. The molecule has 0 aliphatic carbocycles. The van der Waals surface area contributed by atoms with Crippen LogP contribution in [0.1, 0.15) is 12.5 Å². The van der Waals surface area contributed by atoms with Gasteiger partial charge >= 0.3 is 17.6 Å². The molecule has 0 aliphatic rings. The van der Waals surface area contributed by atoms with Gasteiger partial charge in [0.1, 0.15) is 12.3 Å². The highest BCUT2D eigenvalue weighted by atomic mass is 35.5. The van der Waals surface area contributed by atoms with Crippen molar-refractivity contribution in [1.29, 1.82) is 0 Å². The van der Waals surface area contributed by atoms with E-state index in [0.29, 0.717) is 15.3 Å². The van der Waals surface area contributed by atoms with Crippen LogP contribution >= 0.6 is 11.6 Å². The van der Waals surface area contributed by atoms with Crippen LogP contribution in [0, 0.1) is 0 Å². The van der Waals surface area contributed by atoms with E-state index in [1.54, 1.807) is 36.4 Å². The lowest BCUT2D eigenvalue weighted by molar-refractivity contribution is -0.141. The first-order valence-corrected chi connectivity index (χ1v) is 8.86. The Hall–Kier alpha value is -3.65. The van der Waals surface area contributed by atoms with Gasteiger partial charge in [0.2, 0.25) is 0 Å². The summed E-state index contributed by atoms with van der Waals surface area (Å²) >= 11 is 5.88. The first-order valence-electron chi connectivity index (χ1n) is 8.48. The largest absolute Gasteiger partial charge is 0.444 e. The van der Waals surface area contributed by atoms with Crippen molar-refractivity contribution in [2.75, 3.05) is 5.32 Å². The molecule has 0 aliphatic heterocycles. The molecule has 0 spiro atoms. The molecule has 1 aromatic heterocycles. The molecule has 0 atom stereocenters. The van der Waals surface area contributed by atoms with Gasteiger partial charge in [-0.3, -0.25) is 10.1 Å². The number of nitrogens with one attached hydrogen (secondary N) is 1. The SMILES string of the molecule is CC(=O)On1c(-c2ccc(Cl)cc2)ncc(NC(=O)OCc2ccccc2)c1=O. The minimum atomic E-state index is -0.846. The highest BCUT2D eigenvalue weighted by Crippen LogP contribution is 2.19. The molecule has 29 heavy (non-hydrogen) atoms. The zero-order valence-electron chi connectivity index (χ0n) is 15.3. The van der Waals surface area contributed by atoms with Crippen molar-refractivity contribution >= 4 is 29.4 Å². The van der Waals surface area contributed by atoms with Crippen molar-refractivity contribution in [3.05, 3.63) is 81.7 Å². The quantitative estimate of drug-likeness (QED) is 0.689. The summed E-state index contributed by atoms with van der Waals surface area (Å²) in [7, 11) is 0. The number of amides is 1. The summed E-state index contributed by atoms with van der Waals surface area (Å²) in [6.45, 7) is 1.17. The van der Waals surface area contributed by atoms with Crippen molar-refractivity contribution in [2.45, 2.75) is 13.5 Å². The Morgan fingerprint density at radius 2 is 1.79 bits per heavy atom. The van der Waals surface area contributed by atoms with Gasteiger partial charge in [-0.1, -0.05) is 41.9 Å². The van der Waals surface area contributed by atoms with Crippen LogP contribution in [-0.2, 0) is 16.1 Å². The van der Waals surface area contributed by atoms with E-state index in [1.807, 2.05) is 18.2 Å². The number of hydrogen-bond acceptors (Lipinski definition) is 6. The summed E-state index contributed by atoms with van der Waals surface area (Å²) < 4.78 is 5.79. The molecule has 0 radical (unpaired) electrons. The number of anilines is 1. The number of carbonyl (C=O) groups is 2. The van der Waals surface area contributed by atoms with E-state index in [9.17, 15) is 14.4 Å². The molecular formula is C20H16ClN3O5. The number of carbonyl (C=O) groups excluding carboxylic acids is 2. The van der Waals surface area contributed by atoms with Crippen LogP contribution in [-0.4, -0.2) is 21.8 Å². The van der Waals surface area contributed by atoms with E-state index in [4.69, 9.17) is 21.2 Å². The summed E-state index contributed by atoms with van der Waals surface area (Å²) in [4.78, 5) is 45.3. The molecule has 1 amide bonds. The predicted octanol–water partition coefficient (Wildman–Crippen LogP) is 3.29.